The van der Waals surface area contributed by atoms with E-state index in [1.165, 1.54) is 10.7 Å². The summed E-state index contributed by atoms with van der Waals surface area (Å²) >= 11 is 0. The van der Waals surface area contributed by atoms with E-state index < -0.39 is 23.9 Å². The molecule has 3 aromatic rings. The van der Waals surface area contributed by atoms with Gasteiger partial charge in [0, 0.05) is 49.7 Å². The summed E-state index contributed by atoms with van der Waals surface area (Å²) in [5, 5.41) is 36.9. The van der Waals surface area contributed by atoms with Gasteiger partial charge in [-0.25, -0.2) is 9.50 Å². The van der Waals surface area contributed by atoms with Crippen molar-refractivity contribution in [2.24, 2.45) is 15.9 Å². The lowest BCUT2D eigenvalue weighted by Crippen LogP contribution is -2.51. The standard InChI is InChI=1S/C28H29F3N10O2/c1-16(37-21-3-5-39(15-33)6-4-21)25(38-34)18-7-24(26-19(9-32)10-36-41(26)12-18)43-17(2)23-8-20(28(29,30)31)11-35-27(23)40-13-22(42)14-40/h7-8,10-12,17,21-22,42H,3-6,13-14,34H2,1-2H3/b37-16?,38-25+. The quantitative estimate of drug-likeness (QED) is 0.181. The lowest BCUT2D eigenvalue weighted by atomic mass is 10.0. The molecule has 3 aromatic heterocycles. The molecule has 12 nitrogen and oxygen atoms in total. The van der Waals surface area contributed by atoms with Gasteiger partial charge in [0.1, 0.15) is 40.5 Å². The van der Waals surface area contributed by atoms with Crippen LogP contribution in [0.15, 0.2) is 40.8 Å². The van der Waals surface area contributed by atoms with Crippen molar-refractivity contribution < 1.29 is 23.0 Å². The van der Waals surface area contributed by atoms with Crippen molar-refractivity contribution in [3.05, 3.63) is 53.0 Å². The molecular formula is C28H29F3N10O2. The molecule has 3 N–H and O–H groups in total. The Morgan fingerprint density at radius 2 is 1.93 bits per heavy atom. The second-order valence-corrected chi connectivity index (χ2v) is 10.5. The van der Waals surface area contributed by atoms with Crippen LogP contribution in [0.4, 0.5) is 19.0 Å². The van der Waals surface area contributed by atoms with Crippen molar-refractivity contribution in [3.8, 4) is 18.0 Å². The highest BCUT2D eigenvalue weighted by Crippen LogP contribution is 2.37. The summed E-state index contributed by atoms with van der Waals surface area (Å²) in [5.74, 6) is 6.24. The van der Waals surface area contributed by atoms with E-state index in [-0.39, 0.29) is 41.8 Å². The number of aliphatic hydroxyl groups is 1. The van der Waals surface area contributed by atoms with Crippen molar-refractivity contribution in [1.82, 2.24) is 19.5 Å². The number of fused-ring (bicyclic) bond motifs is 1. The monoisotopic (exact) mass is 594 g/mol. The van der Waals surface area contributed by atoms with Gasteiger partial charge in [-0.15, -0.1) is 0 Å². The van der Waals surface area contributed by atoms with Gasteiger partial charge in [-0.05, 0) is 38.8 Å². The minimum absolute atomic E-state index is 0.0254. The van der Waals surface area contributed by atoms with Crippen molar-refractivity contribution in [2.45, 2.75) is 51.1 Å². The minimum atomic E-state index is -4.63. The molecule has 224 valence electrons. The van der Waals surface area contributed by atoms with Gasteiger partial charge in [0.15, 0.2) is 6.19 Å². The van der Waals surface area contributed by atoms with Gasteiger partial charge in [0.05, 0.1) is 29.6 Å². The molecule has 0 spiro atoms. The predicted molar refractivity (Wildman–Crippen MR) is 150 cm³/mol. The fraction of sp³-hybridized carbons (Fsp3) is 0.429. The van der Waals surface area contributed by atoms with Gasteiger partial charge >= 0.3 is 6.18 Å². The number of ether oxygens (including phenoxy) is 1. The number of aliphatic hydroxyl groups excluding tert-OH is 1. The number of nitrogens with zero attached hydrogens (tertiary/aromatic N) is 9. The van der Waals surface area contributed by atoms with Crippen molar-refractivity contribution >= 4 is 22.8 Å². The second-order valence-electron chi connectivity index (χ2n) is 10.5. The number of hydrogen-bond acceptors (Lipinski definition) is 11. The highest BCUT2D eigenvalue weighted by atomic mass is 19.4. The molecule has 2 aliphatic heterocycles. The van der Waals surface area contributed by atoms with Crippen LogP contribution >= 0.6 is 0 Å². The van der Waals surface area contributed by atoms with Crippen LogP contribution in [0, 0.1) is 22.8 Å². The fourth-order valence-corrected chi connectivity index (χ4v) is 5.27. The average molecular weight is 595 g/mol. The van der Waals surface area contributed by atoms with E-state index in [2.05, 4.69) is 27.4 Å². The van der Waals surface area contributed by atoms with Crippen LogP contribution in [0.1, 0.15) is 55.0 Å². The van der Waals surface area contributed by atoms with Gasteiger partial charge in [0.2, 0.25) is 0 Å². The normalized spacial score (nSPS) is 17.9. The number of aliphatic imine (C=N–C) groups is 1. The molecule has 15 heteroatoms. The Kier molecular flexibility index (Phi) is 8.10. The van der Waals surface area contributed by atoms with E-state index in [4.69, 9.17) is 20.8 Å². The molecule has 43 heavy (non-hydrogen) atoms. The van der Waals surface area contributed by atoms with E-state index in [9.17, 15) is 23.5 Å². The molecule has 0 radical (unpaired) electrons. The summed E-state index contributed by atoms with van der Waals surface area (Å²) in [5.41, 5.74) is 1.09. The first-order chi connectivity index (χ1) is 20.5. The van der Waals surface area contributed by atoms with Gasteiger partial charge in [-0.3, -0.25) is 4.99 Å². The molecule has 0 amide bonds. The maximum absolute atomic E-state index is 13.6. The zero-order chi connectivity index (χ0) is 30.9. The number of rotatable bonds is 7. The van der Waals surface area contributed by atoms with Crippen LogP contribution in [-0.2, 0) is 6.18 Å². The van der Waals surface area contributed by atoms with E-state index in [1.54, 1.807) is 35.9 Å². The molecular weight excluding hydrogens is 565 g/mol. The molecule has 0 aliphatic carbocycles. The third-order valence-electron chi connectivity index (χ3n) is 7.55. The third-order valence-corrected chi connectivity index (χ3v) is 7.55. The highest BCUT2D eigenvalue weighted by Gasteiger charge is 2.35. The Morgan fingerprint density at radius 3 is 2.53 bits per heavy atom. The molecule has 0 aromatic carbocycles. The fourth-order valence-electron chi connectivity index (χ4n) is 5.27. The largest absolute Gasteiger partial charge is 0.484 e. The molecule has 5 heterocycles. The van der Waals surface area contributed by atoms with Crippen LogP contribution in [0.5, 0.6) is 5.75 Å². The van der Waals surface area contributed by atoms with Gasteiger partial charge in [0.25, 0.3) is 0 Å². The molecule has 0 saturated carbocycles. The highest BCUT2D eigenvalue weighted by molar-refractivity contribution is 6.47. The summed E-state index contributed by atoms with van der Waals surface area (Å²) < 4.78 is 48.6. The van der Waals surface area contributed by atoms with Gasteiger partial charge in [-0.1, -0.05) is 0 Å². The SMILES string of the molecule is CC(=NC1CCN(C#N)CC1)/C(=N\N)c1cc(OC(C)c2cc(C(F)(F)F)cnc2N2CC(O)C2)c2c(C#N)cnn2c1. The van der Waals surface area contributed by atoms with Crippen LogP contribution < -0.4 is 15.5 Å². The van der Waals surface area contributed by atoms with Crippen LogP contribution in [0.2, 0.25) is 0 Å². The second kappa shape index (κ2) is 11.8. The Hall–Kier alpha value is -4.89. The molecule has 5 rings (SSSR count). The number of aromatic nitrogens is 3. The lowest BCUT2D eigenvalue weighted by molar-refractivity contribution is -0.137. The van der Waals surface area contributed by atoms with Crippen LogP contribution in [0.3, 0.4) is 0 Å². The molecule has 2 saturated heterocycles. The third kappa shape index (κ3) is 6.03. The molecule has 1 atom stereocenters. The Labute approximate surface area is 245 Å². The Morgan fingerprint density at radius 1 is 1.21 bits per heavy atom. The maximum atomic E-state index is 13.6. The van der Waals surface area contributed by atoms with Crippen molar-refractivity contribution in [1.29, 1.82) is 10.5 Å². The number of β-amino-alcohol motifs (C(OH)–C–C–N with tert-alkyl or cyclic N) is 1. The van der Waals surface area contributed by atoms with Crippen LogP contribution in [-0.4, -0.2) is 74.4 Å². The smallest absolute Gasteiger partial charge is 0.417 e. The summed E-state index contributed by atoms with van der Waals surface area (Å²) in [6, 6.07) is 4.63. The number of piperidine rings is 1. The molecule has 2 aliphatic rings. The topological polar surface area (TPSA) is 164 Å². The Bertz CT molecular complexity index is 1660. The molecule has 2 fully saturated rings. The average Bonchev–Trinajstić information content (AvgIpc) is 3.39. The van der Waals surface area contributed by atoms with E-state index in [0.717, 1.165) is 12.3 Å². The zero-order valence-corrected chi connectivity index (χ0v) is 23.5. The summed E-state index contributed by atoms with van der Waals surface area (Å²) in [7, 11) is 0. The predicted octanol–water partition coefficient (Wildman–Crippen LogP) is 3.01. The number of nitriles is 2. The minimum Gasteiger partial charge on any atom is -0.484 e. The zero-order valence-electron chi connectivity index (χ0n) is 23.5. The van der Waals surface area contributed by atoms with Gasteiger partial charge in [-0.2, -0.15) is 33.9 Å². The first kappa shape index (κ1) is 29.6. The Balaban J connectivity index is 1.52. The van der Waals surface area contributed by atoms with Crippen LogP contribution in [0.25, 0.3) is 5.52 Å². The first-order valence-corrected chi connectivity index (χ1v) is 13.6. The van der Waals surface area contributed by atoms with E-state index >= 15 is 0 Å². The number of likely N-dealkylation sites (tertiary alicyclic amines) is 1. The van der Waals surface area contributed by atoms with Crippen molar-refractivity contribution in [3.63, 3.8) is 0 Å². The first-order valence-electron chi connectivity index (χ1n) is 13.6. The summed E-state index contributed by atoms with van der Waals surface area (Å²) in [6.07, 6.45) is 1.08. The number of hydrazone groups is 1. The molecule has 0 bridgehead atoms. The molecule has 1 unspecified atom stereocenters. The van der Waals surface area contributed by atoms with Gasteiger partial charge < -0.3 is 25.5 Å². The number of halogens is 3. The number of pyridine rings is 2. The number of alkyl halides is 3. The van der Waals surface area contributed by atoms with E-state index in [1.807, 2.05) is 0 Å². The summed E-state index contributed by atoms with van der Waals surface area (Å²) in [4.78, 5) is 12.2. The lowest BCUT2D eigenvalue weighted by Gasteiger charge is -2.38. The summed E-state index contributed by atoms with van der Waals surface area (Å²) in [6.45, 7) is 5.00. The number of hydrogen-bond donors (Lipinski definition) is 2. The van der Waals surface area contributed by atoms with E-state index in [0.29, 0.717) is 48.4 Å². The maximum Gasteiger partial charge on any atom is 0.417 e. The number of nitrogens with two attached hydrogens (primary N) is 1. The van der Waals surface area contributed by atoms with Crippen molar-refractivity contribution in [2.75, 3.05) is 31.1 Å². The number of anilines is 1.